The van der Waals surface area contributed by atoms with Crippen LogP contribution in [0.5, 0.6) is 0 Å². The minimum atomic E-state index is -4.11. The third-order valence-electron chi connectivity index (χ3n) is 2.73. The van der Waals surface area contributed by atoms with Crippen molar-refractivity contribution in [2.24, 2.45) is 11.3 Å². The molecule has 0 fully saturated rings. The van der Waals surface area contributed by atoms with Crippen LogP contribution in [0.15, 0.2) is 0 Å². The molecule has 0 bridgehead atoms. The molecule has 0 aliphatic heterocycles. The summed E-state index contributed by atoms with van der Waals surface area (Å²) >= 11 is 0. The molecule has 0 aliphatic carbocycles. The van der Waals surface area contributed by atoms with E-state index < -0.39 is 21.4 Å². The van der Waals surface area contributed by atoms with Crippen molar-refractivity contribution < 1.29 is 17.8 Å². The number of hydrogen-bond donors (Lipinski definition) is 2. The molecule has 1 amide bonds. The first-order valence-corrected chi connectivity index (χ1v) is 8.14. The monoisotopic (exact) mass is 293 g/mol. The summed E-state index contributed by atoms with van der Waals surface area (Å²) in [4.78, 5) is 12.2. The van der Waals surface area contributed by atoms with E-state index in [4.69, 9.17) is 4.55 Å². The Kier molecular flexibility index (Phi) is 6.02. The standard InChI is InChI=1S/C13H27NO4S/c1-7-10(8-12(2,3)4)11(15)14-13(5,6)9-19(16,17)18/h10H,7-9H2,1-6H3,(H,14,15)(H,16,17,18). The molecule has 0 saturated heterocycles. The molecule has 0 aromatic carbocycles. The van der Waals surface area contributed by atoms with E-state index in [9.17, 15) is 13.2 Å². The molecular weight excluding hydrogens is 266 g/mol. The fourth-order valence-electron chi connectivity index (χ4n) is 2.09. The highest BCUT2D eigenvalue weighted by Crippen LogP contribution is 2.26. The van der Waals surface area contributed by atoms with Gasteiger partial charge >= 0.3 is 0 Å². The van der Waals surface area contributed by atoms with Crippen molar-refractivity contribution in [3.63, 3.8) is 0 Å². The van der Waals surface area contributed by atoms with E-state index in [1.165, 1.54) is 0 Å². The van der Waals surface area contributed by atoms with Crippen molar-refractivity contribution in [2.45, 2.75) is 59.9 Å². The molecule has 0 heterocycles. The number of nitrogens with one attached hydrogen (secondary N) is 1. The summed E-state index contributed by atoms with van der Waals surface area (Å²) in [5.41, 5.74) is -0.943. The Balaban J connectivity index is 4.74. The Morgan fingerprint density at radius 3 is 2.00 bits per heavy atom. The van der Waals surface area contributed by atoms with Gasteiger partial charge in [0.1, 0.15) is 0 Å². The molecule has 6 heteroatoms. The zero-order valence-corrected chi connectivity index (χ0v) is 13.6. The van der Waals surface area contributed by atoms with Crippen LogP contribution >= 0.6 is 0 Å². The Labute approximate surface area is 116 Å². The Morgan fingerprint density at radius 1 is 1.21 bits per heavy atom. The van der Waals surface area contributed by atoms with E-state index in [-0.39, 0.29) is 17.2 Å². The summed E-state index contributed by atoms with van der Waals surface area (Å²) in [7, 11) is -4.11. The van der Waals surface area contributed by atoms with E-state index in [0.29, 0.717) is 6.42 Å². The van der Waals surface area contributed by atoms with Crippen LogP contribution in [-0.4, -0.2) is 30.2 Å². The Morgan fingerprint density at radius 2 is 1.68 bits per heavy atom. The number of rotatable bonds is 6. The minimum absolute atomic E-state index is 0.0330. The molecule has 19 heavy (non-hydrogen) atoms. The predicted octanol–water partition coefficient (Wildman–Crippen LogP) is 2.23. The quantitative estimate of drug-likeness (QED) is 0.736. The van der Waals surface area contributed by atoms with Crippen molar-refractivity contribution in [1.82, 2.24) is 5.32 Å². The second-order valence-corrected chi connectivity index (χ2v) is 8.42. The Hall–Kier alpha value is -0.620. The molecule has 0 aromatic rings. The number of carbonyl (C=O) groups is 1. The smallest absolute Gasteiger partial charge is 0.267 e. The highest BCUT2D eigenvalue weighted by atomic mass is 32.2. The summed E-state index contributed by atoms with van der Waals surface area (Å²) < 4.78 is 30.7. The maximum atomic E-state index is 12.2. The first-order valence-electron chi connectivity index (χ1n) is 6.53. The van der Waals surface area contributed by atoms with Crippen molar-refractivity contribution in [2.75, 3.05) is 5.75 Å². The maximum Gasteiger partial charge on any atom is 0.267 e. The van der Waals surface area contributed by atoms with Crippen molar-refractivity contribution >= 4 is 16.0 Å². The van der Waals surface area contributed by atoms with Crippen LogP contribution < -0.4 is 5.32 Å². The van der Waals surface area contributed by atoms with E-state index in [2.05, 4.69) is 26.1 Å². The van der Waals surface area contributed by atoms with Gasteiger partial charge in [-0.05, 0) is 32.1 Å². The van der Waals surface area contributed by atoms with E-state index in [1.807, 2.05) is 6.92 Å². The summed E-state index contributed by atoms with van der Waals surface area (Å²) in [6.45, 7) is 11.3. The van der Waals surface area contributed by atoms with E-state index >= 15 is 0 Å². The van der Waals surface area contributed by atoms with Crippen molar-refractivity contribution in [3.05, 3.63) is 0 Å². The average Bonchev–Trinajstić information content (AvgIpc) is 2.07. The van der Waals surface area contributed by atoms with Gasteiger partial charge in [0.25, 0.3) is 10.1 Å². The third kappa shape index (κ3) is 8.99. The molecule has 0 rings (SSSR count). The van der Waals surface area contributed by atoms with Crippen LogP contribution in [-0.2, 0) is 14.9 Å². The molecule has 0 aromatic heterocycles. The van der Waals surface area contributed by atoms with Crippen LogP contribution in [0.1, 0.15) is 54.4 Å². The molecule has 0 spiro atoms. The van der Waals surface area contributed by atoms with Crippen molar-refractivity contribution in [3.8, 4) is 0 Å². The van der Waals surface area contributed by atoms with Gasteiger partial charge in [-0.3, -0.25) is 9.35 Å². The molecule has 0 saturated carbocycles. The molecule has 2 N–H and O–H groups in total. The highest BCUT2D eigenvalue weighted by molar-refractivity contribution is 7.85. The summed E-state index contributed by atoms with van der Waals surface area (Å²) in [6, 6.07) is 0. The maximum absolute atomic E-state index is 12.2. The van der Waals surface area contributed by atoms with Gasteiger partial charge in [0.05, 0.1) is 11.3 Å². The third-order valence-corrected chi connectivity index (χ3v) is 3.81. The SMILES string of the molecule is CCC(CC(C)(C)C)C(=O)NC(C)(C)CS(=O)(=O)O. The fraction of sp³-hybridized carbons (Fsp3) is 0.923. The van der Waals surface area contributed by atoms with Gasteiger partial charge in [0.15, 0.2) is 0 Å². The lowest BCUT2D eigenvalue weighted by atomic mass is 9.83. The lowest BCUT2D eigenvalue weighted by Crippen LogP contribution is -2.50. The normalized spacial score (nSPS) is 15.1. The summed E-state index contributed by atoms with van der Waals surface area (Å²) in [6.07, 6.45) is 1.43. The van der Waals surface area contributed by atoms with Gasteiger partial charge in [-0.1, -0.05) is 27.7 Å². The first-order chi connectivity index (χ1) is 8.26. The van der Waals surface area contributed by atoms with Crippen molar-refractivity contribution in [1.29, 1.82) is 0 Å². The average molecular weight is 293 g/mol. The number of carbonyl (C=O) groups excluding carboxylic acids is 1. The first kappa shape index (κ1) is 18.4. The lowest BCUT2D eigenvalue weighted by Gasteiger charge is -2.30. The fourth-order valence-corrected chi connectivity index (χ4v) is 3.07. The molecule has 1 atom stereocenters. The lowest BCUT2D eigenvalue weighted by molar-refractivity contribution is -0.127. The van der Waals surface area contributed by atoms with Gasteiger partial charge in [-0.2, -0.15) is 8.42 Å². The van der Waals surface area contributed by atoms with E-state index in [1.54, 1.807) is 13.8 Å². The van der Waals surface area contributed by atoms with Gasteiger partial charge in [-0.25, -0.2) is 0 Å². The second-order valence-electron chi connectivity index (χ2n) is 6.97. The number of hydrogen-bond acceptors (Lipinski definition) is 3. The minimum Gasteiger partial charge on any atom is -0.350 e. The molecule has 0 radical (unpaired) electrons. The number of amides is 1. The summed E-state index contributed by atoms with van der Waals surface area (Å²) in [5, 5.41) is 2.71. The summed E-state index contributed by atoms with van der Waals surface area (Å²) in [5.74, 6) is -0.802. The van der Waals surface area contributed by atoms with E-state index in [0.717, 1.165) is 6.42 Å². The van der Waals surface area contributed by atoms with Gasteiger partial charge in [0.2, 0.25) is 5.91 Å². The molecule has 0 aliphatic rings. The predicted molar refractivity (Wildman–Crippen MR) is 76.5 cm³/mol. The molecule has 1 unspecified atom stereocenters. The molecular formula is C13H27NO4S. The van der Waals surface area contributed by atoms with Gasteiger partial charge < -0.3 is 5.32 Å². The van der Waals surface area contributed by atoms with Gasteiger partial charge in [-0.15, -0.1) is 0 Å². The molecule has 114 valence electrons. The van der Waals surface area contributed by atoms with Crippen LogP contribution in [0.25, 0.3) is 0 Å². The van der Waals surface area contributed by atoms with Crippen LogP contribution in [0.3, 0.4) is 0 Å². The zero-order valence-electron chi connectivity index (χ0n) is 12.8. The highest BCUT2D eigenvalue weighted by Gasteiger charge is 2.30. The Bertz CT molecular complexity index is 407. The molecule has 5 nitrogen and oxygen atoms in total. The topological polar surface area (TPSA) is 83.5 Å². The largest absolute Gasteiger partial charge is 0.350 e. The van der Waals surface area contributed by atoms with Crippen LogP contribution in [0, 0.1) is 11.3 Å². The second kappa shape index (κ2) is 6.22. The van der Waals surface area contributed by atoms with Crippen LogP contribution in [0.4, 0.5) is 0 Å². The van der Waals surface area contributed by atoms with Crippen LogP contribution in [0.2, 0.25) is 0 Å². The zero-order chi connectivity index (χ0) is 15.5. The van der Waals surface area contributed by atoms with Gasteiger partial charge in [0, 0.05) is 5.92 Å².